The van der Waals surface area contributed by atoms with Crippen LogP contribution in [0.15, 0.2) is 0 Å². The van der Waals surface area contributed by atoms with Gasteiger partial charge in [0.1, 0.15) is 19.3 Å². The second kappa shape index (κ2) is 33.8. The summed E-state index contributed by atoms with van der Waals surface area (Å²) >= 11 is 0. The van der Waals surface area contributed by atoms with Crippen molar-refractivity contribution in [3.05, 3.63) is 0 Å². The Morgan fingerprint density at radius 2 is 0.744 bits per heavy atom. The molecule has 0 aliphatic heterocycles. The number of rotatable bonds is 34. The minimum atomic E-state index is -0.955. The first-order chi connectivity index (χ1) is 21.0. The van der Waals surface area contributed by atoms with Crippen molar-refractivity contribution in [1.29, 1.82) is 0 Å². The van der Waals surface area contributed by atoms with Crippen molar-refractivity contribution >= 4 is 11.9 Å². The number of unbranched alkanes of at least 4 members (excludes halogenated alkanes) is 24. The van der Waals surface area contributed by atoms with Gasteiger partial charge in [0.25, 0.3) is 0 Å². The first-order valence-electron chi connectivity index (χ1n) is 18.9. The van der Waals surface area contributed by atoms with Crippen molar-refractivity contribution in [2.75, 3.05) is 13.2 Å². The number of hydrogen-bond acceptors (Lipinski definition) is 5. The average Bonchev–Trinajstić information content (AvgIpc) is 2.99. The molecule has 0 aromatic heterocycles. The van der Waals surface area contributed by atoms with Gasteiger partial charge in [-0.3, -0.25) is 9.59 Å². The SMILES string of the molecule is CCCCCCCCCCCCCCCCCCCC(=O)OC[C@@H](O)COC(=O)CCCCCCCCCCCC(C)C. The third-order valence-electron chi connectivity index (χ3n) is 8.52. The standard InChI is InChI=1S/C38H74O5/c1-4-5-6-7-8-9-10-11-12-13-14-15-16-19-22-25-28-31-37(40)42-33-36(39)34-43-38(41)32-29-26-23-20-17-18-21-24-27-30-35(2)3/h35-36,39H,4-34H2,1-3H3/t36-/m1/s1. The Labute approximate surface area is 268 Å². The Hall–Kier alpha value is -1.10. The van der Waals surface area contributed by atoms with Gasteiger partial charge in [-0.15, -0.1) is 0 Å². The highest BCUT2D eigenvalue weighted by Gasteiger charge is 2.12. The van der Waals surface area contributed by atoms with Crippen LogP contribution in [0, 0.1) is 5.92 Å². The molecule has 0 amide bonds. The van der Waals surface area contributed by atoms with Gasteiger partial charge in [0.15, 0.2) is 0 Å². The van der Waals surface area contributed by atoms with Crippen molar-refractivity contribution in [1.82, 2.24) is 0 Å². The lowest BCUT2D eigenvalue weighted by molar-refractivity contribution is -0.152. The molecule has 0 aromatic rings. The van der Waals surface area contributed by atoms with E-state index >= 15 is 0 Å². The zero-order chi connectivity index (χ0) is 31.6. The van der Waals surface area contributed by atoms with E-state index in [-0.39, 0.29) is 25.2 Å². The van der Waals surface area contributed by atoms with E-state index < -0.39 is 6.10 Å². The third kappa shape index (κ3) is 35.3. The fraction of sp³-hybridized carbons (Fsp3) is 0.947. The summed E-state index contributed by atoms with van der Waals surface area (Å²) in [5, 5.41) is 9.99. The van der Waals surface area contributed by atoms with Gasteiger partial charge in [-0.25, -0.2) is 0 Å². The van der Waals surface area contributed by atoms with Gasteiger partial charge in [-0.05, 0) is 18.8 Å². The van der Waals surface area contributed by atoms with Gasteiger partial charge in [-0.2, -0.15) is 0 Å². The summed E-state index contributed by atoms with van der Waals surface area (Å²) in [4.78, 5) is 23.9. The molecule has 0 heterocycles. The van der Waals surface area contributed by atoms with E-state index in [9.17, 15) is 14.7 Å². The minimum absolute atomic E-state index is 0.109. The molecule has 0 unspecified atom stereocenters. The average molecular weight is 611 g/mol. The van der Waals surface area contributed by atoms with Crippen LogP contribution < -0.4 is 0 Å². The summed E-state index contributed by atoms with van der Waals surface area (Å²) in [6.07, 6.45) is 34.4. The smallest absolute Gasteiger partial charge is 0.305 e. The predicted molar refractivity (Wildman–Crippen MR) is 182 cm³/mol. The maximum atomic E-state index is 11.9. The van der Waals surface area contributed by atoms with Crippen LogP contribution in [-0.4, -0.2) is 36.4 Å². The van der Waals surface area contributed by atoms with Crippen molar-refractivity contribution in [2.24, 2.45) is 5.92 Å². The monoisotopic (exact) mass is 611 g/mol. The zero-order valence-corrected chi connectivity index (χ0v) is 29.2. The van der Waals surface area contributed by atoms with Crippen LogP contribution in [-0.2, 0) is 19.1 Å². The predicted octanol–water partition coefficient (Wildman–Crippen LogP) is 11.4. The summed E-state index contributed by atoms with van der Waals surface area (Å²) in [5.41, 5.74) is 0. The number of hydrogen-bond donors (Lipinski definition) is 1. The fourth-order valence-electron chi connectivity index (χ4n) is 5.62. The van der Waals surface area contributed by atoms with E-state index in [1.807, 2.05) is 0 Å². The quantitative estimate of drug-likeness (QED) is 0.0579. The largest absolute Gasteiger partial charge is 0.463 e. The molecule has 0 aliphatic carbocycles. The number of carbonyl (C=O) groups excluding carboxylic acids is 2. The molecular formula is C38H74O5. The van der Waals surface area contributed by atoms with Gasteiger partial charge in [0.05, 0.1) is 0 Å². The van der Waals surface area contributed by atoms with Crippen LogP contribution in [0.3, 0.4) is 0 Å². The lowest BCUT2D eigenvalue weighted by Gasteiger charge is -2.12. The van der Waals surface area contributed by atoms with Crippen LogP contribution in [0.25, 0.3) is 0 Å². The molecule has 0 bridgehead atoms. The van der Waals surface area contributed by atoms with E-state index in [4.69, 9.17) is 9.47 Å². The van der Waals surface area contributed by atoms with E-state index in [1.165, 1.54) is 141 Å². The van der Waals surface area contributed by atoms with Gasteiger partial charge >= 0.3 is 11.9 Å². The molecule has 256 valence electrons. The minimum Gasteiger partial charge on any atom is -0.463 e. The highest BCUT2D eigenvalue weighted by atomic mass is 16.6. The molecule has 0 saturated carbocycles. The van der Waals surface area contributed by atoms with Crippen molar-refractivity contribution in [2.45, 2.75) is 213 Å². The molecule has 0 rings (SSSR count). The van der Waals surface area contributed by atoms with E-state index in [0.717, 1.165) is 38.0 Å². The maximum absolute atomic E-state index is 11.9. The van der Waals surface area contributed by atoms with E-state index in [0.29, 0.717) is 12.8 Å². The topological polar surface area (TPSA) is 72.8 Å². The van der Waals surface area contributed by atoms with E-state index in [1.54, 1.807) is 0 Å². The molecule has 0 aromatic carbocycles. The van der Waals surface area contributed by atoms with Crippen LogP contribution in [0.4, 0.5) is 0 Å². The summed E-state index contributed by atoms with van der Waals surface area (Å²) in [6, 6.07) is 0. The summed E-state index contributed by atoms with van der Waals surface area (Å²) in [6.45, 7) is 6.64. The Balaban J connectivity index is 3.38. The van der Waals surface area contributed by atoms with Gasteiger partial charge < -0.3 is 14.6 Å². The van der Waals surface area contributed by atoms with Crippen molar-refractivity contribution in [3.63, 3.8) is 0 Å². The molecule has 0 aliphatic rings. The second-order valence-electron chi connectivity index (χ2n) is 13.5. The van der Waals surface area contributed by atoms with E-state index in [2.05, 4.69) is 20.8 Å². The van der Waals surface area contributed by atoms with Gasteiger partial charge in [0.2, 0.25) is 0 Å². The first-order valence-corrected chi connectivity index (χ1v) is 18.9. The number of aliphatic hydroxyl groups excluding tert-OH is 1. The molecular weight excluding hydrogens is 536 g/mol. The molecule has 1 N–H and O–H groups in total. The molecule has 0 radical (unpaired) electrons. The van der Waals surface area contributed by atoms with Crippen LogP contribution in [0.2, 0.25) is 0 Å². The zero-order valence-electron chi connectivity index (χ0n) is 29.2. The maximum Gasteiger partial charge on any atom is 0.305 e. The molecule has 0 saturated heterocycles. The summed E-state index contributed by atoms with van der Waals surface area (Å²) < 4.78 is 10.3. The van der Waals surface area contributed by atoms with Crippen LogP contribution in [0.5, 0.6) is 0 Å². The molecule has 5 nitrogen and oxygen atoms in total. The third-order valence-corrected chi connectivity index (χ3v) is 8.52. The summed E-state index contributed by atoms with van der Waals surface area (Å²) in [5.74, 6) is 0.265. The Kier molecular flexibility index (Phi) is 32.9. The molecule has 5 heteroatoms. The Morgan fingerprint density at radius 3 is 1.05 bits per heavy atom. The van der Waals surface area contributed by atoms with Crippen molar-refractivity contribution in [3.8, 4) is 0 Å². The van der Waals surface area contributed by atoms with Crippen molar-refractivity contribution < 1.29 is 24.2 Å². The normalized spacial score (nSPS) is 12.1. The fourth-order valence-corrected chi connectivity index (χ4v) is 5.62. The van der Waals surface area contributed by atoms with Crippen LogP contribution >= 0.6 is 0 Å². The Bertz CT molecular complexity index is 591. The van der Waals surface area contributed by atoms with Crippen LogP contribution in [0.1, 0.15) is 207 Å². The lowest BCUT2D eigenvalue weighted by Crippen LogP contribution is -2.25. The van der Waals surface area contributed by atoms with Gasteiger partial charge in [0, 0.05) is 12.8 Å². The lowest BCUT2D eigenvalue weighted by atomic mass is 10.0. The Morgan fingerprint density at radius 1 is 0.465 bits per heavy atom. The van der Waals surface area contributed by atoms with Gasteiger partial charge in [-0.1, -0.05) is 181 Å². The number of aliphatic hydroxyl groups is 1. The highest BCUT2D eigenvalue weighted by Crippen LogP contribution is 2.15. The first kappa shape index (κ1) is 41.9. The highest BCUT2D eigenvalue weighted by molar-refractivity contribution is 5.69. The molecule has 1 atom stereocenters. The molecule has 0 spiro atoms. The second-order valence-corrected chi connectivity index (χ2v) is 13.5. The molecule has 0 fully saturated rings. The molecule has 43 heavy (non-hydrogen) atoms. The number of esters is 2. The number of carbonyl (C=O) groups is 2. The number of ether oxygens (including phenoxy) is 2. The summed E-state index contributed by atoms with van der Waals surface area (Å²) in [7, 11) is 0.